The number of halogens is 1. The van der Waals surface area contributed by atoms with Gasteiger partial charge in [0, 0.05) is 22.6 Å². The first-order chi connectivity index (χ1) is 9.08. The molecule has 1 amide bonds. The first-order valence-electron chi connectivity index (χ1n) is 6.89. The van der Waals surface area contributed by atoms with Crippen LogP contribution < -0.4 is 5.32 Å². The summed E-state index contributed by atoms with van der Waals surface area (Å²) in [5, 5.41) is 3.15. The van der Waals surface area contributed by atoms with E-state index in [9.17, 15) is 4.79 Å². The number of carbonyl (C=O) groups excluding carboxylic acids is 1. The van der Waals surface area contributed by atoms with Crippen LogP contribution in [0.5, 0.6) is 0 Å². The van der Waals surface area contributed by atoms with Gasteiger partial charge in [0.1, 0.15) is 0 Å². The number of aryl methyl sites for hydroxylation is 1. The lowest BCUT2D eigenvalue weighted by Gasteiger charge is -2.32. The van der Waals surface area contributed by atoms with Crippen LogP contribution in [0.25, 0.3) is 0 Å². The lowest BCUT2D eigenvalue weighted by molar-refractivity contribution is 0.0905. The first-order valence-corrected chi connectivity index (χ1v) is 7.68. The Morgan fingerprint density at radius 2 is 2.26 bits per heavy atom. The van der Waals surface area contributed by atoms with E-state index < -0.39 is 0 Å². The largest absolute Gasteiger partial charge is 0.348 e. The smallest absolute Gasteiger partial charge is 0.251 e. The lowest BCUT2D eigenvalue weighted by Crippen LogP contribution is -2.47. The van der Waals surface area contributed by atoms with E-state index in [1.54, 1.807) is 0 Å². The molecule has 2 rings (SSSR count). The van der Waals surface area contributed by atoms with Crippen molar-refractivity contribution in [2.75, 3.05) is 19.6 Å². The fourth-order valence-electron chi connectivity index (χ4n) is 2.60. The molecule has 4 heteroatoms. The molecule has 1 unspecified atom stereocenters. The van der Waals surface area contributed by atoms with E-state index >= 15 is 0 Å². The van der Waals surface area contributed by atoms with Gasteiger partial charge >= 0.3 is 0 Å². The molecule has 0 saturated carbocycles. The van der Waals surface area contributed by atoms with Gasteiger partial charge in [-0.3, -0.25) is 4.79 Å². The summed E-state index contributed by atoms with van der Waals surface area (Å²) in [6.07, 6.45) is 2.24. The van der Waals surface area contributed by atoms with Crippen LogP contribution in [0.1, 0.15) is 35.7 Å². The van der Waals surface area contributed by atoms with Crippen LogP contribution in [0.3, 0.4) is 0 Å². The Labute approximate surface area is 123 Å². The second kappa shape index (κ2) is 6.53. The number of nitrogens with one attached hydrogen (secondary N) is 1. The molecule has 1 atom stereocenters. The van der Waals surface area contributed by atoms with Gasteiger partial charge in [-0.1, -0.05) is 22.9 Å². The van der Waals surface area contributed by atoms with Crippen LogP contribution in [0.4, 0.5) is 0 Å². The Morgan fingerprint density at radius 1 is 1.47 bits per heavy atom. The van der Waals surface area contributed by atoms with E-state index in [0.29, 0.717) is 0 Å². The van der Waals surface area contributed by atoms with Crippen molar-refractivity contribution in [3.05, 3.63) is 33.8 Å². The third-order valence-corrected chi connectivity index (χ3v) is 4.05. The summed E-state index contributed by atoms with van der Waals surface area (Å²) >= 11 is 3.44. The molecule has 0 aromatic heterocycles. The fourth-order valence-corrected chi connectivity index (χ4v) is 3.20. The van der Waals surface area contributed by atoms with E-state index in [4.69, 9.17) is 0 Å². The second-order valence-electron chi connectivity index (χ2n) is 5.22. The molecule has 1 fully saturated rings. The number of carbonyl (C=O) groups is 1. The number of likely N-dealkylation sites (N-methyl/N-ethyl adjacent to an activating group) is 1. The lowest BCUT2D eigenvalue weighted by atomic mass is 10.0. The first kappa shape index (κ1) is 14.5. The molecular formula is C15H21BrN2O. The van der Waals surface area contributed by atoms with E-state index in [2.05, 4.69) is 33.1 Å². The van der Waals surface area contributed by atoms with E-state index in [0.717, 1.165) is 48.1 Å². The quantitative estimate of drug-likeness (QED) is 0.927. The minimum absolute atomic E-state index is 0.0346. The van der Waals surface area contributed by atoms with Gasteiger partial charge in [-0.05, 0) is 56.6 Å². The van der Waals surface area contributed by atoms with Crippen LogP contribution in [0, 0.1) is 6.92 Å². The number of piperidine rings is 1. The molecule has 1 N–H and O–H groups in total. The van der Waals surface area contributed by atoms with Gasteiger partial charge in [0.15, 0.2) is 0 Å². The highest BCUT2D eigenvalue weighted by molar-refractivity contribution is 9.10. The SMILES string of the molecule is CCN1CCCC(NC(=O)c2cc(C)cc(Br)c2)C1. The van der Waals surface area contributed by atoms with Gasteiger partial charge < -0.3 is 10.2 Å². The number of rotatable bonds is 3. The highest BCUT2D eigenvalue weighted by atomic mass is 79.9. The van der Waals surface area contributed by atoms with Gasteiger partial charge in [0.2, 0.25) is 0 Å². The van der Waals surface area contributed by atoms with Crippen LogP contribution in [0.2, 0.25) is 0 Å². The van der Waals surface area contributed by atoms with Gasteiger partial charge in [0.05, 0.1) is 0 Å². The summed E-state index contributed by atoms with van der Waals surface area (Å²) in [6, 6.07) is 6.10. The minimum atomic E-state index is 0.0346. The molecule has 1 aliphatic heterocycles. The van der Waals surface area contributed by atoms with E-state index in [1.807, 2.05) is 25.1 Å². The normalized spacial score (nSPS) is 20.3. The third kappa shape index (κ3) is 4.05. The number of amides is 1. The van der Waals surface area contributed by atoms with Crippen LogP contribution >= 0.6 is 15.9 Å². The molecule has 19 heavy (non-hydrogen) atoms. The number of benzene rings is 1. The van der Waals surface area contributed by atoms with Crippen molar-refractivity contribution in [3.8, 4) is 0 Å². The van der Waals surface area contributed by atoms with Crippen molar-refractivity contribution >= 4 is 21.8 Å². The number of nitrogens with zero attached hydrogens (tertiary/aromatic N) is 1. The molecule has 0 radical (unpaired) electrons. The number of likely N-dealkylation sites (tertiary alicyclic amines) is 1. The van der Waals surface area contributed by atoms with Gasteiger partial charge in [-0.2, -0.15) is 0 Å². The molecule has 3 nitrogen and oxygen atoms in total. The molecule has 1 aromatic rings. The second-order valence-corrected chi connectivity index (χ2v) is 6.14. The maximum Gasteiger partial charge on any atom is 0.251 e. The summed E-state index contributed by atoms with van der Waals surface area (Å²) in [4.78, 5) is 14.7. The van der Waals surface area contributed by atoms with Crippen molar-refractivity contribution in [2.45, 2.75) is 32.7 Å². The molecule has 1 heterocycles. The highest BCUT2D eigenvalue weighted by Crippen LogP contribution is 2.16. The average molecular weight is 325 g/mol. The summed E-state index contributed by atoms with van der Waals surface area (Å²) < 4.78 is 0.955. The van der Waals surface area contributed by atoms with Gasteiger partial charge in [-0.15, -0.1) is 0 Å². The maximum atomic E-state index is 12.3. The zero-order chi connectivity index (χ0) is 13.8. The van der Waals surface area contributed by atoms with E-state index in [-0.39, 0.29) is 11.9 Å². The molecule has 0 aliphatic carbocycles. The molecule has 0 bridgehead atoms. The molecular weight excluding hydrogens is 304 g/mol. The van der Waals surface area contributed by atoms with Crippen molar-refractivity contribution in [1.82, 2.24) is 10.2 Å². The van der Waals surface area contributed by atoms with E-state index in [1.165, 1.54) is 0 Å². The van der Waals surface area contributed by atoms with Crippen molar-refractivity contribution in [1.29, 1.82) is 0 Å². The number of hydrogen-bond donors (Lipinski definition) is 1. The molecule has 104 valence electrons. The summed E-state index contributed by atoms with van der Waals surface area (Å²) in [6.45, 7) is 7.35. The standard InChI is InChI=1S/C15H21BrN2O/c1-3-18-6-4-5-14(10-18)17-15(19)12-7-11(2)8-13(16)9-12/h7-9,14H,3-6,10H2,1-2H3,(H,17,19). The molecule has 1 saturated heterocycles. The molecule has 1 aliphatic rings. The Balaban J connectivity index is 2.00. The monoisotopic (exact) mass is 324 g/mol. The predicted octanol–water partition coefficient (Wildman–Crippen LogP) is 2.97. The zero-order valence-corrected chi connectivity index (χ0v) is 13.2. The summed E-state index contributed by atoms with van der Waals surface area (Å²) in [7, 11) is 0. The van der Waals surface area contributed by atoms with Gasteiger partial charge in [0.25, 0.3) is 5.91 Å². The Bertz CT molecular complexity index is 441. The maximum absolute atomic E-state index is 12.3. The summed E-state index contributed by atoms with van der Waals surface area (Å²) in [5.41, 5.74) is 1.83. The van der Waals surface area contributed by atoms with Gasteiger partial charge in [-0.25, -0.2) is 0 Å². The minimum Gasteiger partial charge on any atom is -0.348 e. The Kier molecular flexibility index (Phi) is 4.99. The average Bonchev–Trinajstić information content (AvgIpc) is 2.37. The van der Waals surface area contributed by atoms with Crippen molar-refractivity contribution < 1.29 is 4.79 Å². The third-order valence-electron chi connectivity index (χ3n) is 3.59. The van der Waals surface area contributed by atoms with Crippen LogP contribution in [-0.4, -0.2) is 36.5 Å². The topological polar surface area (TPSA) is 32.3 Å². The molecule has 0 spiro atoms. The van der Waals surface area contributed by atoms with Crippen molar-refractivity contribution in [3.63, 3.8) is 0 Å². The Hall–Kier alpha value is -0.870. The summed E-state index contributed by atoms with van der Waals surface area (Å²) in [5.74, 6) is 0.0346. The Morgan fingerprint density at radius 3 is 2.95 bits per heavy atom. The molecule has 1 aromatic carbocycles. The fraction of sp³-hybridized carbons (Fsp3) is 0.533. The number of hydrogen-bond acceptors (Lipinski definition) is 2. The van der Waals surface area contributed by atoms with Crippen LogP contribution in [0.15, 0.2) is 22.7 Å². The highest BCUT2D eigenvalue weighted by Gasteiger charge is 2.20. The van der Waals surface area contributed by atoms with Crippen molar-refractivity contribution in [2.24, 2.45) is 0 Å². The zero-order valence-electron chi connectivity index (χ0n) is 11.6. The predicted molar refractivity (Wildman–Crippen MR) is 81.5 cm³/mol. The van der Waals surface area contributed by atoms with Crippen LogP contribution in [-0.2, 0) is 0 Å².